The second-order valence-electron chi connectivity index (χ2n) is 7.01. The van der Waals surface area contributed by atoms with Crippen molar-refractivity contribution in [2.75, 3.05) is 6.61 Å². The molecule has 132 valence electrons. The smallest absolute Gasteiger partial charge is 0.389 e. The molecule has 0 saturated heterocycles. The van der Waals surface area contributed by atoms with Crippen molar-refractivity contribution >= 4 is 5.78 Å². The summed E-state index contributed by atoms with van der Waals surface area (Å²) in [7, 11) is 0. The van der Waals surface area contributed by atoms with E-state index in [4.69, 9.17) is 5.48 Å². The summed E-state index contributed by atoms with van der Waals surface area (Å²) < 4.78 is 71.2. The number of ketones is 1. The van der Waals surface area contributed by atoms with E-state index in [0.717, 1.165) is 0 Å². The lowest BCUT2D eigenvalue weighted by Gasteiger charge is -2.45. The molecule has 0 bridgehead atoms. The highest BCUT2D eigenvalue weighted by Gasteiger charge is 2.42. The maximum absolute atomic E-state index is 12.7. The lowest BCUT2D eigenvalue weighted by Crippen LogP contribution is -2.36. The van der Waals surface area contributed by atoms with Gasteiger partial charge in [-0.1, -0.05) is 19.4 Å². The molecule has 23 heavy (non-hydrogen) atoms. The van der Waals surface area contributed by atoms with Crippen LogP contribution in [0.1, 0.15) is 70.6 Å². The van der Waals surface area contributed by atoms with Crippen LogP contribution in [0.4, 0.5) is 13.2 Å². The van der Waals surface area contributed by atoms with Crippen LogP contribution in [0.3, 0.4) is 0 Å². The van der Waals surface area contributed by atoms with Gasteiger partial charge in [0, 0.05) is 24.9 Å². The summed E-state index contributed by atoms with van der Waals surface area (Å²) in [4.78, 5) is 12.7. The minimum absolute atomic E-state index is 0.113. The lowest BCUT2D eigenvalue weighted by molar-refractivity contribution is -0.135. The van der Waals surface area contributed by atoms with Crippen LogP contribution in [0.25, 0.3) is 0 Å². The Hall–Kier alpha value is -0.840. The molecule has 2 rings (SSSR count). The molecule has 2 aliphatic carbocycles. The number of Topliss-reactive ketones (excluding diaryl/α,β-unsaturated/α-hetero) is 1. The van der Waals surface area contributed by atoms with Crippen molar-refractivity contribution in [3.05, 3.63) is 11.1 Å². The molecule has 2 aliphatic rings. The molecule has 5 heteroatoms. The highest BCUT2D eigenvalue weighted by molar-refractivity contribution is 5.97. The molecule has 1 fully saturated rings. The van der Waals surface area contributed by atoms with Crippen LogP contribution in [-0.2, 0) is 4.79 Å². The van der Waals surface area contributed by atoms with Gasteiger partial charge in [-0.3, -0.25) is 4.79 Å². The zero-order chi connectivity index (χ0) is 20.8. The summed E-state index contributed by atoms with van der Waals surface area (Å²) in [6.07, 6.45) is -9.65. The minimum atomic E-state index is -4.38. The van der Waals surface area contributed by atoms with Crippen molar-refractivity contribution in [1.82, 2.24) is 0 Å². The third-order valence-electron chi connectivity index (χ3n) is 5.02. The number of carbonyl (C=O) groups is 1. The van der Waals surface area contributed by atoms with E-state index in [-0.39, 0.29) is 42.9 Å². The molecular weight excluding hydrogens is 305 g/mol. The predicted octanol–water partition coefficient (Wildman–Crippen LogP) is 4.81. The largest absolute Gasteiger partial charge is 0.396 e. The Balaban J connectivity index is 2.53. The van der Waals surface area contributed by atoms with Crippen molar-refractivity contribution in [3.63, 3.8) is 0 Å². The number of alkyl halides is 3. The van der Waals surface area contributed by atoms with Crippen molar-refractivity contribution < 1.29 is 28.6 Å². The third-order valence-corrected chi connectivity index (χ3v) is 5.02. The summed E-state index contributed by atoms with van der Waals surface area (Å²) in [6, 6.07) is 0. The van der Waals surface area contributed by atoms with Crippen molar-refractivity contribution in [2.45, 2.75) is 71.3 Å². The second kappa shape index (κ2) is 6.96. The van der Waals surface area contributed by atoms with Gasteiger partial charge in [-0.15, -0.1) is 0 Å². The monoisotopic (exact) mass is 336 g/mol. The molecule has 0 spiro atoms. The van der Waals surface area contributed by atoms with Gasteiger partial charge in [0.25, 0.3) is 0 Å². The van der Waals surface area contributed by atoms with Crippen molar-refractivity contribution in [2.24, 2.45) is 17.3 Å². The number of rotatable bonds is 5. The molecule has 2 nitrogen and oxygen atoms in total. The van der Waals surface area contributed by atoms with Crippen LogP contribution in [0.2, 0.25) is 0 Å². The standard InChI is InChI=1S/C18H27F3O2/c1-12(11-22)13-5-8-17(2)9-6-16(23)14(15(17)10-13)4-3-7-18(19,20)21/h12-13,22H,3-11H2,1-2H3/t12?,13-,17-/m1/s1/i6D2,10D2. The van der Waals surface area contributed by atoms with Gasteiger partial charge in [-0.05, 0) is 61.3 Å². The summed E-state index contributed by atoms with van der Waals surface area (Å²) in [6.45, 7) is 3.18. The van der Waals surface area contributed by atoms with Gasteiger partial charge in [0.05, 0.1) is 0 Å². The summed E-state index contributed by atoms with van der Waals surface area (Å²) in [5, 5.41) is 9.48. The Kier molecular flexibility index (Phi) is 4.07. The Labute approximate surface area is 141 Å². The highest BCUT2D eigenvalue weighted by atomic mass is 19.4. The first-order valence-electron chi connectivity index (χ1n) is 10.1. The number of aliphatic hydroxyl groups excluding tert-OH is 1. The normalized spacial score (nSPS) is 37.3. The van der Waals surface area contributed by atoms with Crippen LogP contribution in [0, 0.1) is 17.3 Å². The fourth-order valence-electron chi connectivity index (χ4n) is 3.41. The van der Waals surface area contributed by atoms with Gasteiger partial charge in [0.2, 0.25) is 0 Å². The number of aliphatic hydroxyl groups is 1. The van der Waals surface area contributed by atoms with E-state index in [2.05, 4.69) is 0 Å². The lowest BCUT2D eigenvalue weighted by atomic mass is 9.59. The molecule has 3 atom stereocenters. The van der Waals surface area contributed by atoms with Gasteiger partial charge >= 0.3 is 6.18 Å². The zero-order valence-electron chi connectivity index (χ0n) is 17.6. The molecule has 0 aliphatic heterocycles. The van der Waals surface area contributed by atoms with Gasteiger partial charge < -0.3 is 5.11 Å². The maximum Gasteiger partial charge on any atom is 0.389 e. The van der Waals surface area contributed by atoms with Crippen LogP contribution >= 0.6 is 0 Å². The van der Waals surface area contributed by atoms with E-state index in [0.29, 0.717) is 12.8 Å². The van der Waals surface area contributed by atoms with Crippen LogP contribution in [-0.4, -0.2) is 23.7 Å². The highest BCUT2D eigenvalue weighted by Crippen LogP contribution is 2.52. The average Bonchev–Trinajstić information content (AvgIpc) is 2.48. The molecule has 0 aromatic heterocycles. The van der Waals surface area contributed by atoms with Gasteiger partial charge in [-0.2, -0.15) is 13.2 Å². The number of hydrogen-bond acceptors (Lipinski definition) is 2. The Morgan fingerprint density at radius 1 is 1.43 bits per heavy atom. The van der Waals surface area contributed by atoms with Gasteiger partial charge in [-0.25, -0.2) is 0 Å². The van der Waals surface area contributed by atoms with E-state index in [1.807, 2.05) is 0 Å². The molecule has 1 saturated carbocycles. The van der Waals surface area contributed by atoms with Crippen molar-refractivity contribution in [3.8, 4) is 0 Å². The first-order valence-corrected chi connectivity index (χ1v) is 8.12. The number of hydrogen-bond donors (Lipinski definition) is 1. The molecule has 0 aromatic rings. The van der Waals surface area contributed by atoms with E-state index in [9.17, 15) is 23.1 Å². The summed E-state index contributed by atoms with van der Waals surface area (Å²) in [5.41, 5.74) is -0.869. The van der Waals surface area contributed by atoms with Gasteiger partial charge in [0.15, 0.2) is 5.78 Å². The SMILES string of the molecule is [2H]C1([2H])C[C@@]2(C)CC[C@@H](C(C)CO)C([2H])([2H])C2=C(CCCC(F)(F)F)C1=O. The Bertz CT molecular complexity index is 631. The van der Waals surface area contributed by atoms with E-state index >= 15 is 0 Å². The van der Waals surface area contributed by atoms with Crippen LogP contribution in [0.5, 0.6) is 0 Å². The van der Waals surface area contributed by atoms with E-state index in [1.54, 1.807) is 13.8 Å². The van der Waals surface area contributed by atoms with Crippen LogP contribution < -0.4 is 0 Å². The number of allylic oxidation sites excluding steroid dienone is 2. The third kappa shape index (κ3) is 4.37. The minimum Gasteiger partial charge on any atom is -0.396 e. The molecule has 1 N–H and O–H groups in total. The molecule has 1 unspecified atom stereocenters. The fraction of sp³-hybridized carbons (Fsp3) is 0.833. The average molecular weight is 336 g/mol. The topological polar surface area (TPSA) is 37.3 Å². The fourth-order valence-corrected chi connectivity index (χ4v) is 3.41. The Morgan fingerprint density at radius 3 is 2.74 bits per heavy atom. The molecular formula is C18H27F3O2. The second-order valence-corrected chi connectivity index (χ2v) is 7.01. The number of halogens is 3. The summed E-state index contributed by atoms with van der Waals surface area (Å²) >= 11 is 0. The molecule has 0 amide bonds. The molecule has 0 radical (unpaired) electrons. The first kappa shape index (κ1) is 13.5. The van der Waals surface area contributed by atoms with E-state index < -0.39 is 42.5 Å². The number of fused-ring (bicyclic) bond motifs is 1. The first-order chi connectivity index (χ1) is 12.2. The summed E-state index contributed by atoms with van der Waals surface area (Å²) in [5.74, 6) is -1.83. The van der Waals surface area contributed by atoms with E-state index in [1.165, 1.54) is 0 Å². The molecule has 0 aromatic carbocycles. The molecule has 0 heterocycles. The zero-order valence-corrected chi connectivity index (χ0v) is 13.6. The van der Waals surface area contributed by atoms with Crippen molar-refractivity contribution in [1.29, 1.82) is 0 Å². The van der Waals surface area contributed by atoms with Crippen LogP contribution in [0.15, 0.2) is 11.1 Å². The maximum atomic E-state index is 12.7. The number of carbonyl (C=O) groups excluding carboxylic acids is 1. The van der Waals surface area contributed by atoms with Gasteiger partial charge in [0.1, 0.15) is 0 Å². The quantitative estimate of drug-likeness (QED) is 0.782. The Morgan fingerprint density at radius 2 is 2.13 bits per heavy atom. The predicted molar refractivity (Wildman–Crippen MR) is 82.9 cm³/mol.